The van der Waals surface area contributed by atoms with Gasteiger partial charge in [0.1, 0.15) is 0 Å². The molecule has 0 aliphatic heterocycles. The van der Waals surface area contributed by atoms with Crippen molar-refractivity contribution in [1.82, 2.24) is 15.2 Å². The minimum Gasteiger partial charge on any atom is -0.376 e. The second-order valence-electron chi connectivity index (χ2n) is 5.46. The summed E-state index contributed by atoms with van der Waals surface area (Å²) >= 11 is 6.27. The molecule has 1 aromatic rings. The van der Waals surface area contributed by atoms with Crippen LogP contribution in [0.4, 0.5) is 0 Å². The highest BCUT2D eigenvalue weighted by atomic mass is 35.5. The van der Waals surface area contributed by atoms with Gasteiger partial charge in [0, 0.05) is 13.7 Å². The van der Waals surface area contributed by atoms with Gasteiger partial charge in [0.05, 0.1) is 29.1 Å². The van der Waals surface area contributed by atoms with E-state index in [0.29, 0.717) is 17.5 Å². The normalized spacial score (nSPS) is 20.0. The second kappa shape index (κ2) is 7.41. The molecule has 1 heterocycles. The van der Waals surface area contributed by atoms with Crippen LogP contribution in [0.25, 0.3) is 0 Å². The third-order valence-electron chi connectivity index (χ3n) is 4.21. The molecule has 0 bridgehead atoms. The van der Waals surface area contributed by atoms with Gasteiger partial charge in [-0.2, -0.15) is 5.10 Å². The maximum Gasteiger partial charge on any atom is 0.0908 e. The number of halogens is 1. The molecule has 6 heteroatoms. The number of nitrogens with two attached hydrogens (primary N) is 1. The fraction of sp³-hybridized carbons (Fsp3) is 0.786. The standard InChI is InChI=1S/C14H25ClN4O/c1-3-20-14(10-7-5-4-6-8-10)12(18-16)13-11(15)9-17-19(13)2/h9-10,12,14,18H,3-8,16H2,1-2H3. The van der Waals surface area contributed by atoms with Crippen LogP contribution in [-0.2, 0) is 11.8 Å². The van der Waals surface area contributed by atoms with Gasteiger partial charge in [0.2, 0.25) is 0 Å². The Morgan fingerprint density at radius 3 is 2.70 bits per heavy atom. The van der Waals surface area contributed by atoms with Crippen molar-refractivity contribution in [2.75, 3.05) is 6.61 Å². The molecule has 3 N–H and O–H groups in total. The van der Waals surface area contributed by atoms with Gasteiger partial charge in [-0.05, 0) is 25.7 Å². The van der Waals surface area contributed by atoms with Crippen molar-refractivity contribution in [3.8, 4) is 0 Å². The van der Waals surface area contributed by atoms with Crippen LogP contribution in [0.2, 0.25) is 5.02 Å². The Morgan fingerprint density at radius 1 is 1.50 bits per heavy atom. The van der Waals surface area contributed by atoms with Gasteiger partial charge in [-0.15, -0.1) is 0 Å². The molecule has 1 aromatic heterocycles. The molecular weight excluding hydrogens is 276 g/mol. The van der Waals surface area contributed by atoms with Gasteiger partial charge in [0.25, 0.3) is 0 Å². The van der Waals surface area contributed by atoms with E-state index >= 15 is 0 Å². The largest absolute Gasteiger partial charge is 0.376 e. The lowest BCUT2D eigenvalue weighted by atomic mass is 9.82. The number of aryl methyl sites for hydroxylation is 1. The van der Waals surface area contributed by atoms with Crippen LogP contribution < -0.4 is 11.3 Å². The van der Waals surface area contributed by atoms with E-state index < -0.39 is 0 Å². The van der Waals surface area contributed by atoms with Crippen LogP contribution in [0.15, 0.2) is 6.20 Å². The lowest BCUT2D eigenvalue weighted by molar-refractivity contribution is -0.0200. The predicted octanol–water partition coefficient (Wildman–Crippen LogP) is 2.56. The van der Waals surface area contributed by atoms with Crippen molar-refractivity contribution in [3.05, 3.63) is 16.9 Å². The Bertz CT molecular complexity index is 398. The lowest BCUT2D eigenvalue weighted by Crippen LogP contribution is -2.43. The highest BCUT2D eigenvalue weighted by Crippen LogP contribution is 2.35. The van der Waals surface area contributed by atoms with Crippen LogP contribution in [0, 0.1) is 5.92 Å². The Kier molecular flexibility index (Phi) is 5.84. The Labute approximate surface area is 125 Å². The Hall–Kier alpha value is -0.620. The number of nitrogens with one attached hydrogen (secondary N) is 1. The maximum absolute atomic E-state index is 6.27. The van der Waals surface area contributed by atoms with Crippen LogP contribution >= 0.6 is 11.6 Å². The third-order valence-corrected chi connectivity index (χ3v) is 4.51. The topological polar surface area (TPSA) is 65.1 Å². The van der Waals surface area contributed by atoms with E-state index in [0.717, 1.165) is 5.69 Å². The van der Waals surface area contributed by atoms with Crippen LogP contribution in [0.5, 0.6) is 0 Å². The zero-order valence-corrected chi connectivity index (χ0v) is 13.1. The van der Waals surface area contributed by atoms with E-state index in [1.54, 1.807) is 10.9 Å². The first-order chi connectivity index (χ1) is 9.69. The van der Waals surface area contributed by atoms with Crippen molar-refractivity contribution in [3.63, 3.8) is 0 Å². The maximum atomic E-state index is 6.27. The van der Waals surface area contributed by atoms with Crippen molar-refractivity contribution in [1.29, 1.82) is 0 Å². The number of hydrogen-bond donors (Lipinski definition) is 2. The first kappa shape index (κ1) is 15.8. The average Bonchev–Trinajstić information content (AvgIpc) is 2.80. The van der Waals surface area contributed by atoms with E-state index in [2.05, 4.69) is 10.5 Å². The average molecular weight is 301 g/mol. The van der Waals surface area contributed by atoms with Crippen molar-refractivity contribution in [2.24, 2.45) is 18.8 Å². The highest BCUT2D eigenvalue weighted by molar-refractivity contribution is 6.31. The highest BCUT2D eigenvalue weighted by Gasteiger charge is 2.34. The van der Waals surface area contributed by atoms with Gasteiger partial charge in [0.15, 0.2) is 0 Å². The molecule has 0 spiro atoms. The molecule has 114 valence electrons. The smallest absolute Gasteiger partial charge is 0.0908 e. The molecule has 20 heavy (non-hydrogen) atoms. The van der Waals surface area contributed by atoms with Crippen molar-refractivity contribution >= 4 is 11.6 Å². The van der Waals surface area contributed by atoms with Crippen molar-refractivity contribution in [2.45, 2.75) is 51.2 Å². The molecular formula is C14H25ClN4O. The molecule has 1 aliphatic rings. The van der Waals surface area contributed by atoms with Crippen LogP contribution in [0.3, 0.4) is 0 Å². The van der Waals surface area contributed by atoms with E-state index in [-0.39, 0.29) is 12.1 Å². The quantitative estimate of drug-likeness (QED) is 0.626. The number of aromatic nitrogens is 2. The summed E-state index contributed by atoms with van der Waals surface area (Å²) in [6, 6.07) is -0.127. The second-order valence-corrected chi connectivity index (χ2v) is 5.87. The summed E-state index contributed by atoms with van der Waals surface area (Å²) in [5.74, 6) is 6.33. The van der Waals surface area contributed by atoms with Crippen LogP contribution in [-0.4, -0.2) is 22.5 Å². The molecule has 1 saturated carbocycles. The molecule has 0 amide bonds. The first-order valence-corrected chi connectivity index (χ1v) is 7.82. The number of nitrogens with zero attached hydrogens (tertiary/aromatic N) is 2. The van der Waals surface area contributed by atoms with Gasteiger partial charge in [-0.3, -0.25) is 10.5 Å². The molecule has 2 atom stereocenters. The number of hydrazine groups is 1. The summed E-state index contributed by atoms with van der Waals surface area (Å²) in [6.07, 6.45) is 7.94. The predicted molar refractivity (Wildman–Crippen MR) is 80.3 cm³/mol. The molecule has 0 saturated heterocycles. The Morgan fingerprint density at radius 2 is 2.20 bits per heavy atom. The summed E-state index contributed by atoms with van der Waals surface area (Å²) in [5, 5.41) is 4.84. The minimum atomic E-state index is -0.127. The number of hydrogen-bond acceptors (Lipinski definition) is 4. The summed E-state index contributed by atoms with van der Waals surface area (Å²) in [5.41, 5.74) is 3.80. The molecule has 1 fully saturated rings. The first-order valence-electron chi connectivity index (χ1n) is 7.44. The molecule has 0 radical (unpaired) electrons. The number of ether oxygens (including phenoxy) is 1. The fourth-order valence-corrected chi connectivity index (χ4v) is 3.54. The van der Waals surface area contributed by atoms with Gasteiger partial charge < -0.3 is 4.74 Å². The zero-order valence-electron chi connectivity index (χ0n) is 12.3. The summed E-state index contributed by atoms with van der Waals surface area (Å²) < 4.78 is 7.81. The minimum absolute atomic E-state index is 0.0400. The van der Waals surface area contributed by atoms with Crippen molar-refractivity contribution < 1.29 is 4.74 Å². The summed E-state index contributed by atoms with van der Waals surface area (Å²) in [4.78, 5) is 0. The molecule has 0 aromatic carbocycles. The zero-order chi connectivity index (χ0) is 14.5. The Balaban J connectivity index is 2.24. The van der Waals surface area contributed by atoms with Crippen LogP contribution in [0.1, 0.15) is 50.8 Å². The lowest BCUT2D eigenvalue weighted by Gasteiger charge is -2.35. The monoisotopic (exact) mass is 300 g/mol. The van der Waals surface area contributed by atoms with E-state index in [4.69, 9.17) is 22.2 Å². The SMILES string of the molecule is CCOC(C1CCCCC1)C(NN)c1c(Cl)cnn1C. The van der Waals surface area contributed by atoms with E-state index in [1.807, 2.05) is 14.0 Å². The molecule has 2 unspecified atom stereocenters. The van der Waals surface area contributed by atoms with E-state index in [1.165, 1.54) is 32.1 Å². The molecule has 1 aliphatic carbocycles. The molecule has 2 rings (SSSR count). The fourth-order valence-electron chi connectivity index (χ4n) is 3.26. The molecule has 5 nitrogen and oxygen atoms in total. The van der Waals surface area contributed by atoms with E-state index in [9.17, 15) is 0 Å². The summed E-state index contributed by atoms with van der Waals surface area (Å²) in [7, 11) is 1.88. The number of rotatable bonds is 6. The summed E-state index contributed by atoms with van der Waals surface area (Å²) in [6.45, 7) is 2.70. The van der Waals surface area contributed by atoms with Gasteiger partial charge in [-0.25, -0.2) is 5.43 Å². The third kappa shape index (κ3) is 3.34. The van der Waals surface area contributed by atoms with Gasteiger partial charge >= 0.3 is 0 Å². The van der Waals surface area contributed by atoms with Gasteiger partial charge in [-0.1, -0.05) is 30.9 Å².